The van der Waals surface area contributed by atoms with E-state index < -0.39 is 0 Å². The van der Waals surface area contributed by atoms with Gasteiger partial charge in [0.05, 0.1) is 0 Å². The van der Waals surface area contributed by atoms with Gasteiger partial charge in [0.15, 0.2) is 5.82 Å². The lowest BCUT2D eigenvalue weighted by Gasteiger charge is -2.20. The van der Waals surface area contributed by atoms with Crippen LogP contribution >= 0.6 is 0 Å². The van der Waals surface area contributed by atoms with Crippen molar-refractivity contribution in [3.05, 3.63) is 42.0 Å². The van der Waals surface area contributed by atoms with Crippen LogP contribution in [0.25, 0.3) is 0 Å². The van der Waals surface area contributed by atoms with E-state index in [1.165, 1.54) is 19.3 Å². The maximum Gasteiger partial charge on any atom is 0.223 e. The van der Waals surface area contributed by atoms with Crippen LogP contribution in [-0.2, 0) is 6.61 Å². The molecule has 0 aliphatic heterocycles. The first-order valence-corrected chi connectivity index (χ1v) is 7.49. The molecule has 0 bridgehead atoms. The number of hydrogen-bond donors (Lipinski definition) is 1. The standard InChI is InChI=1S/C16H20N4O/c17-16-19-14(11-21-13-9-5-2-6-10-13)18-15(20-16)12-7-3-1-4-8-12/h2,5-6,9-10,12H,1,3-4,7-8,11H2,(H2,17,18,19,20). The summed E-state index contributed by atoms with van der Waals surface area (Å²) in [4.78, 5) is 13.0. The second-order valence-corrected chi connectivity index (χ2v) is 5.40. The molecule has 0 saturated heterocycles. The first-order valence-electron chi connectivity index (χ1n) is 7.49. The summed E-state index contributed by atoms with van der Waals surface area (Å²) in [6.45, 7) is 0.316. The monoisotopic (exact) mass is 284 g/mol. The van der Waals surface area contributed by atoms with Gasteiger partial charge in [0, 0.05) is 5.92 Å². The highest BCUT2D eigenvalue weighted by molar-refractivity contribution is 5.22. The number of ether oxygens (including phenoxy) is 1. The van der Waals surface area contributed by atoms with Crippen LogP contribution < -0.4 is 10.5 Å². The van der Waals surface area contributed by atoms with Gasteiger partial charge >= 0.3 is 0 Å². The van der Waals surface area contributed by atoms with Gasteiger partial charge in [-0.1, -0.05) is 37.5 Å². The smallest absolute Gasteiger partial charge is 0.223 e. The molecule has 110 valence electrons. The van der Waals surface area contributed by atoms with Crippen molar-refractivity contribution < 1.29 is 4.74 Å². The van der Waals surface area contributed by atoms with E-state index in [-0.39, 0.29) is 5.95 Å². The van der Waals surface area contributed by atoms with E-state index in [9.17, 15) is 0 Å². The normalized spacial score (nSPS) is 15.8. The van der Waals surface area contributed by atoms with Crippen molar-refractivity contribution >= 4 is 5.95 Å². The van der Waals surface area contributed by atoms with Crippen LogP contribution in [0.15, 0.2) is 30.3 Å². The van der Waals surface area contributed by atoms with Crippen LogP contribution in [0, 0.1) is 0 Å². The zero-order chi connectivity index (χ0) is 14.5. The Morgan fingerprint density at radius 3 is 2.52 bits per heavy atom. The molecular formula is C16H20N4O. The van der Waals surface area contributed by atoms with Crippen molar-refractivity contribution in [1.82, 2.24) is 15.0 Å². The summed E-state index contributed by atoms with van der Waals surface area (Å²) < 4.78 is 5.68. The third-order valence-electron chi connectivity index (χ3n) is 3.80. The molecule has 0 amide bonds. The Morgan fingerprint density at radius 2 is 1.76 bits per heavy atom. The molecule has 0 radical (unpaired) electrons. The average Bonchev–Trinajstić information content (AvgIpc) is 2.54. The Morgan fingerprint density at radius 1 is 1.00 bits per heavy atom. The molecular weight excluding hydrogens is 264 g/mol. The summed E-state index contributed by atoms with van der Waals surface area (Å²) >= 11 is 0. The van der Waals surface area contributed by atoms with Gasteiger partial charge in [0.1, 0.15) is 18.2 Å². The minimum absolute atomic E-state index is 0.289. The average molecular weight is 284 g/mol. The largest absolute Gasteiger partial charge is 0.486 e. The summed E-state index contributed by atoms with van der Waals surface area (Å²) in [6.07, 6.45) is 6.07. The van der Waals surface area contributed by atoms with Crippen LogP contribution in [0.5, 0.6) is 5.75 Å². The first-order chi connectivity index (χ1) is 10.3. The van der Waals surface area contributed by atoms with E-state index in [1.54, 1.807) is 0 Å². The van der Waals surface area contributed by atoms with Crippen LogP contribution in [0.2, 0.25) is 0 Å². The molecule has 1 aliphatic carbocycles. The first kappa shape index (κ1) is 13.8. The zero-order valence-electron chi connectivity index (χ0n) is 12.0. The highest BCUT2D eigenvalue weighted by Gasteiger charge is 2.19. The Labute approximate surface area is 124 Å². The Bertz CT molecular complexity index is 582. The van der Waals surface area contributed by atoms with Crippen LogP contribution in [0.1, 0.15) is 49.7 Å². The van der Waals surface area contributed by atoms with E-state index >= 15 is 0 Å². The summed E-state index contributed by atoms with van der Waals surface area (Å²) in [6, 6.07) is 9.64. The minimum atomic E-state index is 0.289. The third-order valence-corrected chi connectivity index (χ3v) is 3.80. The molecule has 1 heterocycles. The quantitative estimate of drug-likeness (QED) is 0.934. The summed E-state index contributed by atoms with van der Waals surface area (Å²) in [5, 5.41) is 0. The van der Waals surface area contributed by atoms with Gasteiger partial charge in [-0.25, -0.2) is 4.98 Å². The van der Waals surface area contributed by atoms with E-state index in [4.69, 9.17) is 10.5 Å². The van der Waals surface area contributed by atoms with E-state index in [0.29, 0.717) is 18.3 Å². The summed E-state index contributed by atoms with van der Waals surface area (Å²) in [7, 11) is 0. The van der Waals surface area contributed by atoms with Gasteiger partial charge in [-0.2, -0.15) is 9.97 Å². The lowest BCUT2D eigenvalue weighted by molar-refractivity contribution is 0.294. The molecule has 3 rings (SSSR count). The second kappa shape index (κ2) is 6.52. The molecule has 0 unspecified atom stereocenters. The maximum absolute atomic E-state index is 5.82. The van der Waals surface area contributed by atoms with Gasteiger partial charge in [-0.15, -0.1) is 0 Å². The number of para-hydroxylation sites is 1. The van der Waals surface area contributed by atoms with Crippen molar-refractivity contribution in [2.75, 3.05) is 5.73 Å². The molecule has 1 aromatic carbocycles. The molecule has 21 heavy (non-hydrogen) atoms. The molecule has 1 aromatic heterocycles. The molecule has 0 atom stereocenters. The number of nitrogen functional groups attached to an aromatic ring is 1. The van der Waals surface area contributed by atoms with Crippen molar-refractivity contribution in [3.63, 3.8) is 0 Å². The second-order valence-electron chi connectivity index (χ2n) is 5.40. The summed E-state index contributed by atoms with van der Waals surface area (Å²) in [5.74, 6) is 2.94. The molecule has 1 aliphatic rings. The lowest BCUT2D eigenvalue weighted by atomic mass is 9.89. The number of benzene rings is 1. The molecule has 5 nitrogen and oxygen atoms in total. The molecule has 2 aromatic rings. The Balaban J connectivity index is 1.71. The van der Waals surface area contributed by atoms with Crippen molar-refractivity contribution in [2.24, 2.45) is 0 Å². The number of nitrogens with two attached hydrogens (primary N) is 1. The fourth-order valence-electron chi connectivity index (χ4n) is 2.73. The van der Waals surface area contributed by atoms with Gasteiger partial charge < -0.3 is 10.5 Å². The molecule has 1 saturated carbocycles. The van der Waals surface area contributed by atoms with Crippen molar-refractivity contribution in [1.29, 1.82) is 0 Å². The number of rotatable bonds is 4. The van der Waals surface area contributed by atoms with Gasteiger partial charge in [-0.05, 0) is 25.0 Å². The van der Waals surface area contributed by atoms with Crippen molar-refractivity contribution in [2.45, 2.75) is 44.6 Å². The third kappa shape index (κ3) is 3.68. The van der Waals surface area contributed by atoms with Crippen LogP contribution in [0.3, 0.4) is 0 Å². The highest BCUT2D eigenvalue weighted by atomic mass is 16.5. The maximum atomic E-state index is 5.82. The van der Waals surface area contributed by atoms with Crippen molar-refractivity contribution in [3.8, 4) is 5.75 Å². The van der Waals surface area contributed by atoms with Gasteiger partial charge in [0.25, 0.3) is 0 Å². The van der Waals surface area contributed by atoms with E-state index in [2.05, 4.69) is 15.0 Å². The predicted octanol–water partition coefficient (Wildman–Crippen LogP) is 3.08. The van der Waals surface area contributed by atoms with E-state index in [0.717, 1.165) is 24.4 Å². The predicted molar refractivity (Wildman–Crippen MR) is 80.8 cm³/mol. The Kier molecular flexibility index (Phi) is 4.28. The lowest BCUT2D eigenvalue weighted by Crippen LogP contribution is -2.14. The fourth-order valence-corrected chi connectivity index (χ4v) is 2.73. The SMILES string of the molecule is Nc1nc(COc2ccccc2)nc(C2CCCCC2)n1. The van der Waals surface area contributed by atoms with Gasteiger partial charge in [0.2, 0.25) is 5.95 Å². The number of hydrogen-bond acceptors (Lipinski definition) is 5. The molecule has 1 fully saturated rings. The Hall–Kier alpha value is -2.17. The van der Waals surface area contributed by atoms with E-state index in [1.807, 2.05) is 30.3 Å². The minimum Gasteiger partial charge on any atom is -0.486 e. The van der Waals surface area contributed by atoms with Crippen LogP contribution in [0.4, 0.5) is 5.95 Å². The van der Waals surface area contributed by atoms with Gasteiger partial charge in [-0.3, -0.25) is 0 Å². The number of anilines is 1. The highest BCUT2D eigenvalue weighted by Crippen LogP contribution is 2.30. The number of nitrogens with zero attached hydrogens (tertiary/aromatic N) is 3. The zero-order valence-corrected chi connectivity index (χ0v) is 12.0. The number of aromatic nitrogens is 3. The molecule has 5 heteroatoms. The summed E-state index contributed by atoms with van der Waals surface area (Å²) in [5.41, 5.74) is 5.82. The topological polar surface area (TPSA) is 73.9 Å². The fraction of sp³-hybridized carbons (Fsp3) is 0.438. The van der Waals surface area contributed by atoms with Crippen LogP contribution in [-0.4, -0.2) is 15.0 Å². The molecule has 0 spiro atoms. The molecule has 2 N–H and O–H groups in total.